The van der Waals surface area contributed by atoms with Crippen molar-refractivity contribution in [3.63, 3.8) is 0 Å². The van der Waals surface area contributed by atoms with E-state index in [0.717, 1.165) is 11.5 Å². The normalized spacial score (nSPS) is 15.3. The van der Waals surface area contributed by atoms with Crippen LogP contribution in [0.5, 0.6) is 11.5 Å². The van der Waals surface area contributed by atoms with Gasteiger partial charge in [0.2, 0.25) is 0 Å². The van der Waals surface area contributed by atoms with E-state index in [4.69, 9.17) is 4.74 Å². The fourth-order valence-electron chi connectivity index (χ4n) is 8.07. The highest BCUT2D eigenvalue weighted by Crippen LogP contribution is 2.53. The summed E-state index contributed by atoms with van der Waals surface area (Å²) >= 11 is 0. The van der Waals surface area contributed by atoms with Crippen LogP contribution in [0.1, 0.15) is 66.5 Å². The summed E-state index contributed by atoms with van der Waals surface area (Å²) in [4.78, 5) is 0. The van der Waals surface area contributed by atoms with Crippen molar-refractivity contribution in [1.29, 1.82) is 0 Å². The predicted molar refractivity (Wildman–Crippen MR) is 159 cm³/mol. The zero-order valence-corrected chi connectivity index (χ0v) is 24.0. The van der Waals surface area contributed by atoms with Gasteiger partial charge in [0.15, 0.2) is 0 Å². The molecule has 1 aliphatic heterocycles. The summed E-state index contributed by atoms with van der Waals surface area (Å²) in [6.07, 6.45) is 0. The third-order valence-electron chi connectivity index (χ3n) is 9.49. The van der Waals surface area contributed by atoms with Crippen LogP contribution in [-0.4, -0.2) is 8.07 Å². The Bertz CT molecular complexity index is 1600. The largest absolute Gasteiger partial charge is 0.456 e. The summed E-state index contributed by atoms with van der Waals surface area (Å²) < 4.78 is 6.69. The average Bonchev–Trinajstić information content (AvgIpc) is 2.83. The molecule has 0 amide bonds. The minimum Gasteiger partial charge on any atom is -0.456 e. The first-order chi connectivity index (χ1) is 17.1. The lowest BCUT2D eigenvalue weighted by Crippen LogP contribution is -2.55. The van der Waals surface area contributed by atoms with E-state index in [0.29, 0.717) is 16.6 Å². The van der Waals surface area contributed by atoms with Crippen molar-refractivity contribution in [3.05, 3.63) is 77.9 Å². The maximum atomic E-state index is 6.69. The van der Waals surface area contributed by atoms with Crippen molar-refractivity contribution >= 4 is 45.6 Å². The van der Waals surface area contributed by atoms with E-state index in [9.17, 15) is 0 Å². The number of hydrogen-bond donors (Lipinski definition) is 0. The summed E-state index contributed by atoms with van der Waals surface area (Å²) in [6, 6.07) is 25.2. The van der Waals surface area contributed by atoms with E-state index in [1.807, 2.05) is 0 Å². The minimum atomic E-state index is -1.89. The first-order valence-electron chi connectivity index (χ1n) is 13.6. The molecule has 0 radical (unpaired) electrons. The highest BCUT2D eigenvalue weighted by Gasteiger charge is 2.46. The van der Waals surface area contributed by atoms with Crippen LogP contribution < -0.4 is 9.92 Å². The van der Waals surface area contributed by atoms with Gasteiger partial charge >= 0.3 is 0 Å². The standard InChI is InChI=1S/C34H38OSi/c1-20(2)36(21(3)4,22(5)6)30-19-24-18-28-33(35-29-15-10-9-14-27(29)34(28,7)8)26-17-16-23-12-11-13-25(30)31(23)32(24)26/h9-22H,1-8H3. The predicted octanol–water partition coefficient (Wildman–Crippen LogP) is 9.90. The van der Waals surface area contributed by atoms with Crippen LogP contribution in [0.2, 0.25) is 16.6 Å². The monoisotopic (exact) mass is 490 g/mol. The number of ether oxygens (including phenoxy) is 1. The molecule has 0 saturated heterocycles. The van der Waals surface area contributed by atoms with E-state index in [-0.39, 0.29) is 5.41 Å². The molecule has 2 heteroatoms. The molecule has 0 fully saturated rings. The second-order valence-corrected chi connectivity index (χ2v) is 18.3. The fraction of sp³-hybridized carbons (Fsp3) is 0.353. The first kappa shape index (κ1) is 23.5. The maximum Gasteiger partial charge on any atom is 0.139 e. The van der Waals surface area contributed by atoms with Crippen LogP contribution in [0.25, 0.3) is 32.3 Å². The maximum absolute atomic E-state index is 6.69. The Kier molecular flexibility index (Phi) is 5.12. The van der Waals surface area contributed by atoms with Crippen LogP contribution >= 0.6 is 0 Å². The SMILES string of the molecule is CC(C)[Si](c1cc2cc3c(c4ccc5cccc1c5c24)Oc1ccccc1C3(C)C)(C(C)C)C(C)C. The van der Waals surface area contributed by atoms with Gasteiger partial charge in [-0.25, -0.2) is 0 Å². The van der Waals surface area contributed by atoms with Crippen molar-refractivity contribution in [3.8, 4) is 11.5 Å². The van der Waals surface area contributed by atoms with E-state index in [2.05, 4.69) is 122 Å². The van der Waals surface area contributed by atoms with Gasteiger partial charge < -0.3 is 4.74 Å². The Hall–Kier alpha value is -2.84. The van der Waals surface area contributed by atoms with Crippen molar-refractivity contribution in [1.82, 2.24) is 0 Å². The lowest BCUT2D eigenvalue weighted by Gasteiger charge is -2.44. The van der Waals surface area contributed by atoms with Crippen LogP contribution in [0.4, 0.5) is 0 Å². The molecular formula is C34H38OSi. The zero-order chi connectivity index (χ0) is 25.6. The molecule has 1 nitrogen and oxygen atoms in total. The van der Waals surface area contributed by atoms with Crippen molar-refractivity contribution < 1.29 is 4.74 Å². The Balaban J connectivity index is 1.80. The van der Waals surface area contributed by atoms with Gasteiger partial charge in [-0.15, -0.1) is 0 Å². The molecule has 0 atom stereocenters. The topological polar surface area (TPSA) is 9.23 Å². The highest BCUT2D eigenvalue weighted by molar-refractivity contribution is 6.96. The van der Waals surface area contributed by atoms with E-state index in [1.165, 1.54) is 43.4 Å². The highest BCUT2D eigenvalue weighted by atomic mass is 28.3. The van der Waals surface area contributed by atoms with Gasteiger partial charge in [0.25, 0.3) is 0 Å². The lowest BCUT2D eigenvalue weighted by molar-refractivity contribution is 0.423. The van der Waals surface area contributed by atoms with Crippen LogP contribution in [0.3, 0.4) is 0 Å². The average molecular weight is 491 g/mol. The summed E-state index contributed by atoms with van der Waals surface area (Å²) in [6.45, 7) is 19.6. The molecule has 0 aliphatic carbocycles. The molecule has 0 spiro atoms. The van der Waals surface area contributed by atoms with E-state index >= 15 is 0 Å². The fourth-order valence-corrected chi connectivity index (χ4v) is 15.0. The molecule has 0 saturated carbocycles. The third-order valence-corrected chi connectivity index (χ3v) is 16.6. The van der Waals surface area contributed by atoms with Crippen molar-refractivity contribution in [2.75, 3.05) is 0 Å². The molecule has 0 bridgehead atoms. The first-order valence-corrected chi connectivity index (χ1v) is 15.9. The molecule has 1 aliphatic rings. The summed E-state index contributed by atoms with van der Waals surface area (Å²) in [5.74, 6) is 2.02. The summed E-state index contributed by atoms with van der Waals surface area (Å²) in [7, 11) is -1.89. The van der Waals surface area contributed by atoms with Gasteiger partial charge in [0, 0.05) is 27.3 Å². The van der Waals surface area contributed by atoms with Crippen LogP contribution in [0.15, 0.2) is 66.7 Å². The Morgan fingerprint density at radius 3 is 2.00 bits per heavy atom. The van der Waals surface area contributed by atoms with Crippen molar-refractivity contribution in [2.24, 2.45) is 0 Å². The number of benzene rings is 5. The third kappa shape index (κ3) is 2.88. The molecule has 0 N–H and O–H groups in total. The van der Waals surface area contributed by atoms with E-state index in [1.54, 1.807) is 5.19 Å². The number of rotatable bonds is 4. The quantitative estimate of drug-likeness (QED) is 0.180. The lowest BCUT2D eigenvalue weighted by atomic mass is 9.74. The van der Waals surface area contributed by atoms with Gasteiger partial charge in [0.05, 0.1) is 8.07 Å². The van der Waals surface area contributed by atoms with E-state index < -0.39 is 8.07 Å². The molecular weight excluding hydrogens is 452 g/mol. The molecule has 6 rings (SSSR count). The zero-order valence-electron chi connectivity index (χ0n) is 23.0. The van der Waals surface area contributed by atoms with Gasteiger partial charge in [0.1, 0.15) is 11.5 Å². The molecule has 1 heterocycles. The van der Waals surface area contributed by atoms with Crippen LogP contribution in [-0.2, 0) is 5.41 Å². The Morgan fingerprint density at radius 1 is 0.639 bits per heavy atom. The van der Waals surface area contributed by atoms with Gasteiger partial charge in [-0.05, 0) is 56.4 Å². The molecule has 5 aromatic carbocycles. The Morgan fingerprint density at radius 2 is 1.31 bits per heavy atom. The summed E-state index contributed by atoms with van der Waals surface area (Å²) in [5.41, 5.74) is 4.40. The summed E-state index contributed by atoms with van der Waals surface area (Å²) in [5, 5.41) is 9.83. The van der Waals surface area contributed by atoms with Gasteiger partial charge in [-0.1, -0.05) is 109 Å². The van der Waals surface area contributed by atoms with Gasteiger partial charge in [-0.3, -0.25) is 0 Å². The van der Waals surface area contributed by atoms with Crippen molar-refractivity contribution in [2.45, 2.75) is 77.4 Å². The Labute approximate surface area is 216 Å². The molecule has 5 aromatic rings. The number of para-hydroxylation sites is 1. The number of fused-ring (bicyclic) bond motifs is 3. The number of hydrogen-bond acceptors (Lipinski definition) is 1. The molecule has 0 aromatic heterocycles. The molecule has 0 unspecified atom stereocenters. The second-order valence-electron chi connectivity index (χ2n) is 12.4. The molecule has 36 heavy (non-hydrogen) atoms. The smallest absolute Gasteiger partial charge is 0.139 e. The van der Waals surface area contributed by atoms with Gasteiger partial charge in [-0.2, -0.15) is 0 Å². The minimum absolute atomic E-state index is 0.128. The van der Waals surface area contributed by atoms with Crippen LogP contribution in [0, 0.1) is 0 Å². The second kappa shape index (κ2) is 7.83. The molecule has 184 valence electrons.